The molecule has 0 aromatic heterocycles. The van der Waals surface area contributed by atoms with E-state index in [4.69, 9.17) is 5.11 Å². The molecule has 0 aliphatic carbocycles. The van der Waals surface area contributed by atoms with Gasteiger partial charge in [-0.1, -0.05) is 18.2 Å². The van der Waals surface area contributed by atoms with E-state index < -0.39 is 12.8 Å². The van der Waals surface area contributed by atoms with Gasteiger partial charge in [0.2, 0.25) is 0 Å². The predicted octanol–water partition coefficient (Wildman–Crippen LogP) is 2.30. The lowest BCUT2D eigenvalue weighted by atomic mass is 10.1. The zero-order chi connectivity index (χ0) is 12.7. The maximum Gasteiger partial charge on any atom is 0.118 e. The highest BCUT2D eigenvalue weighted by Crippen LogP contribution is 2.25. The fourth-order valence-electron chi connectivity index (χ4n) is 1.48. The third-order valence-corrected chi connectivity index (χ3v) is 2.46. The number of ether oxygens (including phenoxy) is 1. The topological polar surface area (TPSA) is 41.8 Å². The fraction of sp³-hybridized carbons (Fsp3) is 0.462. The Balaban J connectivity index is 0.000000185. The largest absolute Gasteiger partial charge is 0.394 e. The van der Waals surface area contributed by atoms with Crippen molar-refractivity contribution in [2.45, 2.75) is 19.4 Å². The van der Waals surface area contributed by atoms with Crippen LogP contribution in [-0.4, -0.2) is 37.3 Å². The van der Waals surface area contributed by atoms with Crippen molar-refractivity contribution in [1.29, 1.82) is 0 Å². The smallest absolute Gasteiger partial charge is 0.118 e. The highest BCUT2D eigenvalue weighted by molar-refractivity contribution is 5.91. The summed E-state index contributed by atoms with van der Waals surface area (Å²) in [6, 6.07) is 8.29. The molecule has 0 fully saturated rings. The van der Waals surface area contributed by atoms with Crippen molar-refractivity contribution in [3.05, 3.63) is 29.8 Å². The second kappa shape index (κ2) is 7.14. The van der Waals surface area contributed by atoms with Gasteiger partial charge < -0.3 is 9.84 Å². The number of rotatable bonds is 3. The van der Waals surface area contributed by atoms with Crippen LogP contribution in [-0.2, 0) is 11.2 Å². The fourth-order valence-corrected chi connectivity index (χ4v) is 1.48. The molecule has 0 saturated carbocycles. The van der Waals surface area contributed by atoms with Crippen LogP contribution < -0.4 is 0 Å². The van der Waals surface area contributed by atoms with Crippen LogP contribution in [0.15, 0.2) is 29.3 Å². The first-order valence-corrected chi connectivity index (χ1v) is 5.53. The van der Waals surface area contributed by atoms with Crippen LogP contribution in [0.5, 0.6) is 0 Å². The molecule has 2 rings (SSSR count). The molecule has 1 aliphatic heterocycles. The average molecular weight is 239 g/mol. The Morgan fingerprint density at radius 3 is 2.65 bits per heavy atom. The van der Waals surface area contributed by atoms with Gasteiger partial charge in [-0.15, -0.1) is 0 Å². The summed E-state index contributed by atoms with van der Waals surface area (Å²) < 4.78 is 15.8. The maximum atomic E-state index is 11.4. The maximum absolute atomic E-state index is 11.4. The van der Waals surface area contributed by atoms with Gasteiger partial charge in [0.1, 0.15) is 12.8 Å². The van der Waals surface area contributed by atoms with E-state index in [0.717, 1.165) is 12.1 Å². The number of aliphatic hydroxyl groups is 1. The molecule has 1 aromatic rings. The number of hydrogen-bond acceptors (Lipinski definition) is 3. The number of benzene rings is 1. The Hall–Kier alpha value is -1.26. The zero-order valence-electron chi connectivity index (χ0n) is 10.2. The van der Waals surface area contributed by atoms with Gasteiger partial charge in [-0.2, -0.15) is 0 Å². The highest BCUT2D eigenvalue weighted by Gasteiger charge is 2.08. The van der Waals surface area contributed by atoms with Gasteiger partial charge in [0.05, 0.1) is 12.3 Å². The third kappa shape index (κ3) is 4.24. The standard InChI is InChI=1S/C9H9N.C4H9FO2/c1-7-6-8-4-2-3-5-9(8)10-7;1-7-4(2-5)3-6/h2-5H,6H2,1H3;4,6H,2-3H2,1H3. The summed E-state index contributed by atoms with van der Waals surface area (Å²) in [5.41, 5.74) is 3.74. The van der Waals surface area contributed by atoms with E-state index in [9.17, 15) is 4.39 Å². The first-order chi connectivity index (χ1) is 8.21. The van der Waals surface area contributed by atoms with Crippen LogP contribution >= 0.6 is 0 Å². The number of hydrogen-bond donors (Lipinski definition) is 1. The van der Waals surface area contributed by atoms with Gasteiger partial charge in [-0.05, 0) is 18.6 Å². The van der Waals surface area contributed by atoms with E-state index in [1.165, 1.54) is 18.4 Å². The molecule has 1 heterocycles. The normalized spacial score (nSPS) is 14.5. The van der Waals surface area contributed by atoms with Crippen LogP contribution in [0.1, 0.15) is 12.5 Å². The quantitative estimate of drug-likeness (QED) is 0.879. The van der Waals surface area contributed by atoms with Gasteiger partial charge in [0.25, 0.3) is 0 Å². The summed E-state index contributed by atoms with van der Waals surface area (Å²) in [6.07, 6.45) is 0.413. The minimum atomic E-state index is -0.625. The monoisotopic (exact) mass is 239 g/mol. The van der Waals surface area contributed by atoms with Crippen molar-refractivity contribution < 1.29 is 14.2 Å². The number of aliphatic imine (C=N–C) groups is 1. The predicted molar refractivity (Wildman–Crippen MR) is 66.8 cm³/mol. The molecule has 0 spiro atoms. The lowest BCUT2D eigenvalue weighted by Gasteiger charge is -2.03. The molecule has 1 N–H and O–H groups in total. The SMILES string of the molecule is CC1=Nc2ccccc2C1.COC(CO)CF. The van der Waals surface area contributed by atoms with E-state index in [2.05, 4.69) is 34.9 Å². The second-order valence-corrected chi connectivity index (χ2v) is 3.85. The van der Waals surface area contributed by atoms with E-state index in [-0.39, 0.29) is 6.61 Å². The molecule has 1 unspecified atom stereocenters. The number of aliphatic hydroxyl groups excluding tert-OH is 1. The van der Waals surface area contributed by atoms with Crippen molar-refractivity contribution >= 4 is 11.4 Å². The van der Waals surface area contributed by atoms with E-state index >= 15 is 0 Å². The Morgan fingerprint density at radius 2 is 2.18 bits per heavy atom. The molecule has 17 heavy (non-hydrogen) atoms. The van der Waals surface area contributed by atoms with Gasteiger partial charge >= 0.3 is 0 Å². The average Bonchev–Trinajstić information content (AvgIpc) is 2.72. The van der Waals surface area contributed by atoms with Gasteiger partial charge in [-0.25, -0.2) is 4.39 Å². The molecule has 0 radical (unpaired) electrons. The molecule has 1 aliphatic rings. The number of fused-ring (bicyclic) bond motifs is 1. The summed E-state index contributed by atoms with van der Waals surface area (Å²) >= 11 is 0. The minimum absolute atomic E-state index is 0.243. The zero-order valence-corrected chi connectivity index (χ0v) is 10.2. The molecular weight excluding hydrogens is 221 g/mol. The van der Waals surface area contributed by atoms with E-state index in [1.807, 2.05) is 6.07 Å². The van der Waals surface area contributed by atoms with Crippen LogP contribution in [0.2, 0.25) is 0 Å². The molecule has 0 amide bonds. The third-order valence-electron chi connectivity index (χ3n) is 2.46. The Morgan fingerprint density at radius 1 is 1.47 bits per heavy atom. The first kappa shape index (κ1) is 13.8. The Bertz CT molecular complexity index is 370. The van der Waals surface area contributed by atoms with E-state index in [0.29, 0.717) is 0 Å². The van der Waals surface area contributed by atoms with Crippen LogP contribution in [0, 0.1) is 0 Å². The van der Waals surface area contributed by atoms with Gasteiger partial charge in [-0.3, -0.25) is 4.99 Å². The van der Waals surface area contributed by atoms with Crippen LogP contribution in [0.4, 0.5) is 10.1 Å². The molecule has 4 heteroatoms. The molecular formula is C13H18FNO2. The number of alkyl halides is 1. The van der Waals surface area contributed by atoms with Crippen molar-refractivity contribution in [1.82, 2.24) is 0 Å². The van der Waals surface area contributed by atoms with Gasteiger partial charge in [0.15, 0.2) is 0 Å². The Kier molecular flexibility index (Phi) is 5.80. The molecule has 0 bridgehead atoms. The number of para-hydroxylation sites is 1. The van der Waals surface area contributed by atoms with Crippen molar-refractivity contribution in [3.63, 3.8) is 0 Å². The van der Waals surface area contributed by atoms with E-state index in [1.54, 1.807) is 0 Å². The molecule has 1 atom stereocenters. The van der Waals surface area contributed by atoms with Gasteiger partial charge in [0, 0.05) is 19.2 Å². The Labute approximate surface area is 101 Å². The second-order valence-electron chi connectivity index (χ2n) is 3.85. The lowest BCUT2D eigenvalue weighted by molar-refractivity contribution is 0.0320. The van der Waals surface area contributed by atoms with Crippen molar-refractivity contribution in [2.75, 3.05) is 20.4 Å². The summed E-state index contributed by atoms with van der Waals surface area (Å²) in [4.78, 5) is 4.37. The minimum Gasteiger partial charge on any atom is -0.394 e. The summed E-state index contributed by atoms with van der Waals surface area (Å²) in [5, 5.41) is 8.16. The summed E-state index contributed by atoms with van der Waals surface area (Å²) in [5.74, 6) is 0. The molecule has 0 saturated heterocycles. The number of methoxy groups -OCH3 is 1. The first-order valence-electron chi connectivity index (χ1n) is 5.53. The molecule has 94 valence electrons. The number of halogens is 1. The molecule has 3 nitrogen and oxygen atoms in total. The number of nitrogens with zero attached hydrogens (tertiary/aromatic N) is 1. The van der Waals surface area contributed by atoms with Crippen molar-refractivity contribution in [3.8, 4) is 0 Å². The summed E-state index contributed by atoms with van der Waals surface area (Å²) in [6.45, 7) is 1.21. The summed E-state index contributed by atoms with van der Waals surface area (Å²) in [7, 11) is 1.36. The highest BCUT2D eigenvalue weighted by atomic mass is 19.1. The lowest BCUT2D eigenvalue weighted by Crippen LogP contribution is -2.17. The molecule has 1 aromatic carbocycles. The van der Waals surface area contributed by atoms with Crippen LogP contribution in [0.25, 0.3) is 0 Å². The van der Waals surface area contributed by atoms with Crippen molar-refractivity contribution in [2.24, 2.45) is 4.99 Å². The van der Waals surface area contributed by atoms with Crippen LogP contribution in [0.3, 0.4) is 0 Å².